The van der Waals surface area contributed by atoms with Crippen molar-refractivity contribution in [2.45, 2.75) is 19.9 Å². The summed E-state index contributed by atoms with van der Waals surface area (Å²) in [7, 11) is 0. The van der Waals surface area contributed by atoms with E-state index >= 15 is 0 Å². The molecule has 1 aliphatic heterocycles. The summed E-state index contributed by atoms with van der Waals surface area (Å²) in [5, 5.41) is 1.06. The Bertz CT molecular complexity index is 467. The van der Waals surface area contributed by atoms with E-state index in [-0.39, 0.29) is 5.91 Å². The molecular weight excluding hydrogens is 285 g/mol. The van der Waals surface area contributed by atoms with Gasteiger partial charge in [0.25, 0.3) is 0 Å². The van der Waals surface area contributed by atoms with Crippen LogP contribution in [0.3, 0.4) is 0 Å². The molecule has 0 saturated carbocycles. The third kappa shape index (κ3) is 4.06. The summed E-state index contributed by atoms with van der Waals surface area (Å²) in [5.41, 5.74) is 0.974. The molecule has 0 unspecified atom stereocenters. The minimum absolute atomic E-state index is 0.146. The van der Waals surface area contributed by atoms with Gasteiger partial charge >= 0.3 is 0 Å². The van der Waals surface area contributed by atoms with E-state index in [1.807, 2.05) is 4.90 Å². The van der Waals surface area contributed by atoms with Gasteiger partial charge in [-0.2, -0.15) is 0 Å². The Hall–Kier alpha value is -0.840. The number of amides is 1. The van der Waals surface area contributed by atoms with Gasteiger partial charge < -0.3 is 4.90 Å². The number of hydrogen-bond donors (Lipinski definition) is 0. The van der Waals surface area contributed by atoms with Crippen molar-refractivity contribution in [3.05, 3.63) is 28.0 Å². The standard InChI is InChI=1S/C13H17Cl2N3O/c1-10(19)18-4-2-3-17(5-6-18)9-11-8-16-13(15)7-12(11)14/h7-8H,2-6,9H2,1H3. The highest BCUT2D eigenvalue weighted by molar-refractivity contribution is 6.34. The van der Waals surface area contributed by atoms with Crippen molar-refractivity contribution < 1.29 is 4.79 Å². The largest absolute Gasteiger partial charge is 0.342 e. The molecule has 0 radical (unpaired) electrons. The van der Waals surface area contributed by atoms with E-state index in [9.17, 15) is 4.79 Å². The molecule has 19 heavy (non-hydrogen) atoms. The van der Waals surface area contributed by atoms with Crippen molar-refractivity contribution in [1.29, 1.82) is 0 Å². The van der Waals surface area contributed by atoms with Gasteiger partial charge in [0.05, 0.1) is 0 Å². The van der Waals surface area contributed by atoms with Crippen LogP contribution in [0.15, 0.2) is 12.3 Å². The molecule has 1 aromatic heterocycles. The van der Waals surface area contributed by atoms with Crippen LogP contribution in [-0.4, -0.2) is 46.9 Å². The Morgan fingerprint density at radius 1 is 1.32 bits per heavy atom. The summed E-state index contributed by atoms with van der Waals surface area (Å²) < 4.78 is 0. The van der Waals surface area contributed by atoms with Gasteiger partial charge in [0.1, 0.15) is 5.15 Å². The number of aromatic nitrogens is 1. The second-order valence-electron chi connectivity index (χ2n) is 4.73. The predicted octanol–water partition coefficient (Wildman–Crippen LogP) is 2.44. The molecule has 0 spiro atoms. The summed E-state index contributed by atoms with van der Waals surface area (Å²) in [5.74, 6) is 0.146. The normalized spacial score (nSPS) is 17.3. The second-order valence-corrected chi connectivity index (χ2v) is 5.53. The fourth-order valence-electron chi connectivity index (χ4n) is 2.24. The SMILES string of the molecule is CC(=O)N1CCCN(Cc2cnc(Cl)cc2Cl)CC1. The van der Waals surface area contributed by atoms with Crippen LogP contribution in [-0.2, 0) is 11.3 Å². The number of rotatable bonds is 2. The Balaban J connectivity index is 1.97. The quantitative estimate of drug-likeness (QED) is 0.787. The molecule has 1 aliphatic rings. The lowest BCUT2D eigenvalue weighted by Crippen LogP contribution is -2.33. The lowest BCUT2D eigenvalue weighted by molar-refractivity contribution is -0.128. The zero-order chi connectivity index (χ0) is 13.8. The van der Waals surface area contributed by atoms with Crippen LogP contribution in [0.5, 0.6) is 0 Å². The average molecular weight is 302 g/mol. The maximum absolute atomic E-state index is 11.4. The van der Waals surface area contributed by atoms with Crippen molar-refractivity contribution in [2.75, 3.05) is 26.2 Å². The molecule has 2 rings (SSSR count). The van der Waals surface area contributed by atoms with Crippen molar-refractivity contribution >= 4 is 29.1 Å². The fourth-order valence-corrected chi connectivity index (χ4v) is 2.66. The zero-order valence-corrected chi connectivity index (χ0v) is 12.4. The van der Waals surface area contributed by atoms with Gasteiger partial charge in [-0.05, 0) is 12.5 Å². The first-order chi connectivity index (χ1) is 9.06. The summed E-state index contributed by atoms with van der Waals surface area (Å²) in [6.45, 7) is 5.79. The highest BCUT2D eigenvalue weighted by atomic mass is 35.5. The van der Waals surface area contributed by atoms with Gasteiger partial charge in [-0.15, -0.1) is 0 Å². The predicted molar refractivity (Wildman–Crippen MR) is 76.4 cm³/mol. The molecule has 0 atom stereocenters. The van der Waals surface area contributed by atoms with Crippen molar-refractivity contribution in [3.8, 4) is 0 Å². The maximum Gasteiger partial charge on any atom is 0.219 e. The van der Waals surface area contributed by atoms with Gasteiger partial charge in [-0.3, -0.25) is 9.69 Å². The molecule has 104 valence electrons. The molecule has 0 aromatic carbocycles. The molecule has 1 fully saturated rings. The molecule has 0 aliphatic carbocycles. The van der Waals surface area contributed by atoms with Crippen LogP contribution >= 0.6 is 23.2 Å². The molecule has 0 bridgehead atoms. The monoisotopic (exact) mass is 301 g/mol. The molecule has 1 saturated heterocycles. The molecule has 1 aromatic rings. The minimum Gasteiger partial charge on any atom is -0.342 e. The summed E-state index contributed by atoms with van der Waals surface area (Å²) in [6, 6.07) is 1.66. The van der Waals surface area contributed by atoms with Crippen LogP contribution in [0.4, 0.5) is 0 Å². The smallest absolute Gasteiger partial charge is 0.219 e. The highest BCUT2D eigenvalue weighted by Crippen LogP contribution is 2.20. The van der Waals surface area contributed by atoms with E-state index in [4.69, 9.17) is 23.2 Å². The van der Waals surface area contributed by atoms with E-state index in [2.05, 4.69) is 9.88 Å². The molecule has 0 N–H and O–H groups in total. The van der Waals surface area contributed by atoms with Gasteiger partial charge in [-0.25, -0.2) is 4.98 Å². The minimum atomic E-state index is 0.146. The molecule has 6 heteroatoms. The van der Waals surface area contributed by atoms with E-state index in [1.54, 1.807) is 19.2 Å². The maximum atomic E-state index is 11.4. The first kappa shape index (κ1) is 14.6. The van der Waals surface area contributed by atoms with Crippen LogP contribution in [0.25, 0.3) is 0 Å². The van der Waals surface area contributed by atoms with E-state index in [1.165, 1.54) is 0 Å². The lowest BCUT2D eigenvalue weighted by atomic mass is 10.2. The van der Waals surface area contributed by atoms with Crippen molar-refractivity contribution in [1.82, 2.24) is 14.8 Å². The van der Waals surface area contributed by atoms with Crippen molar-refractivity contribution in [2.24, 2.45) is 0 Å². The van der Waals surface area contributed by atoms with Crippen LogP contribution in [0, 0.1) is 0 Å². The third-order valence-corrected chi connectivity index (χ3v) is 3.88. The Morgan fingerprint density at radius 3 is 2.79 bits per heavy atom. The first-order valence-electron chi connectivity index (χ1n) is 6.34. The summed E-state index contributed by atoms with van der Waals surface area (Å²) in [4.78, 5) is 19.6. The molecular formula is C13H17Cl2N3O. The van der Waals surface area contributed by atoms with Gasteiger partial charge in [0.15, 0.2) is 0 Å². The van der Waals surface area contributed by atoms with Crippen LogP contribution < -0.4 is 0 Å². The van der Waals surface area contributed by atoms with Crippen LogP contribution in [0.1, 0.15) is 18.9 Å². The number of halogens is 2. The third-order valence-electron chi connectivity index (χ3n) is 3.32. The van der Waals surface area contributed by atoms with E-state index in [0.717, 1.165) is 44.7 Å². The number of carbonyl (C=O) groups is 1. The number of carbonyl (C=O) groups excluding carboxylic acids is 1. The Kier molecular flexibility index (Phi) is 5.02. The van der Waals surface area contributed by atoms with E-state index in [0.29, 0.717) is 10.2 Å². The summed E-state index contributed by atoms with van der Waals surface area (Å²) >= 11 is 11.9. The van der Waals surface area contributed by atoms with Crippen LogP contribution in [0.2, 0.25) is 10.2 Å². The Labute approximate surface area is 123 Å². The topological polar surface area (TPSA) is 36.4 Å². The fraction of sp³-hybridized carbons (Fsp3) is 0.538. The van der Waals surface area contributed by atoms with Gasteiger partial charge in [0.2, 0.25) is 5.91 Å². The van der Waals surface area contributed by atoms with E-state index < -0.39 is 0 Å². The Morgan fingerprint density at radius 2 is 2.11 bits per heavy atom. The number of nitrogens with zero attached hydrogens (tertiary/aromatic N) is 3. The second kappa shape index (κ2) is 6.55. The molecule has 1 amide bonds. The zero-order valence-electron chi connectivity index (χ0n) is 10.9. The lowest BCUT2D eigenvalue weighted by Gasteiger charge is -2.21. The number of hydrogen-bond acceptors (Lipinski definition) is 3. The molecule has 4 nitrogen and oxygen atoms in total. The van der Waals surface area contributed by atoms with Gasteiger partial charge in [0, 0.05) is 56.4 Å². The number of pyridine rings is 1. The first-order valence-corrected chi connectivity index (χ1v) is 7.09. The average Bonchev–Trinajstić information content (AvgIpc) is 2.58. The van der Waals surface area contributed by atoms with Gasteiger partial charge in [-0.1, -0.05) is 23.2 Å². The highest BCUT2D eigenvalue weighted by Gasteiger charge is 2.17. The molecule has 2 heterocycles. The summed E-state index contributed by atoms with van der Waals surface area (Å²) in [6.07, 6.45) is 2.70. The van der Waals surface area contributed by atoms with Crippen molar-refractivity contribution in [3.63, 3.8) is 0 Å².